The van der Waals surface area contributed by atoms with E-state index in [-0.39, 0.29) is 11.8 Å². The van der Waals surface area contributed by atoms with Crippen molar-refractivity contribution in [1.82, 2.24) is 9.80 Å². The minimum absolute atomic E-state index is 0.133. The second kappa shape index (κ2) is 8.59. The molecule has 146 valence electrons. The van der Waals surface area contributed by atoms with Crippen molar-refractivity contribution in [3.63, 3.8) is 0 Å². The molecule has 1 fully saturated rings. The number of nitrogens with zero attached hydrogens (tertiary/aromatic N) is 2. The van der Waals surface area contributed by atoms with E-state index in [1.165, 1.54) is 4.90 Å². The Balaban J connectivity index is 1.96. The maximum atomic E-state index is 13.1. The molecule has 1 aromatic carbocycles. The molecule has 2 heterocycles. The number of carbonyl (C=O) groups excluding carboxylic acids is 2. The zero-order chi connectivity index (χ0) is 19.4. The van der Waals surface area contributed by atoms with E-state index in [2.05, 4.69) is 18.7 Å². The summed E-state index contributed by atoms with van der Waals surface area (Å²) in [5.41, 5.74) is 1.94. The second-order valence-corrected chi connectivity index (χ2v) is 7.47. The number of amides is 2. The van der Waals surface area contributed by atoms with E-state index < -0.39 is 0 Å². The highest BCUT2D eigenvalue weighted by Gasteiger charge is 2.41. The summed E-state index contributed by atoms with van der Waals surface area (Å²) >= 11 is 0. The van der Waals surface area contributed by atoms with Crippen molar-refractivity contribution >= 4 is 17.4 Å². The molecule has 2 aliphatic heterocycles. The molecule has 3 rings (SSSR count). The van der Waals surface area contributed by atoms with Gasteiger partial charge in [0.2, 0.25) is 0 Å². The Labute approximate surface area is 162 Å². The standard InChI is InChI=1S/C22H30N2O3/c1-4-6-13-24-21(25)19(17-7-9-18(10-8-17)27-5-2)20(22(24)26)23-14-11-16(3)12-15-23/h7-10,16H,4-6,11-15H2,1-3H3. The first-order chi connectivity index (χ1) is 13.1. The van der Waals surface area contributed by atoms with Crippen LogP contribution in [-0.4, -0.2) is 47.9 Å². The lowest BCUT2D eigenvalue weighted by Crippen LogP contribution is -2.38. The minimum Gasteiger partial charge on any atom is -0.494 e. The summed E-state index contributed by atoms with van der Waals surface area (Å²) in [6.45, 7) is 9.00. The lowest BCUT2D eigenvalue weighted by atomic mass is 9.97. The molecule has 0 aromatic heterocycles. The molecule has 5 nitrogen and oxygen atoms in total. The van der Waals surface area contributed by atoms with Gasteiger partial charge in [0.1, 0.15) is 11.4 Å². The third-order valence-corrected chi connectivity index (χ3v) is 5.43. The first-order valence-electron chi connectivity index (χ1n) is 10.1. The Hall–Kier alpha value is -2.30. The molecule has 0 spiro atoms. The van der Waals surface area contributed by atoms with Crippen LogP contribution in [0.15, 0.2) is 30.0 Å². The third-order valence-electron chi connectivity index (χ3n) is 5.43. The van der Waals surface area contributed by atoms with E-state index in [1.54, 1.807) is 0 Å². The van der Waals surface area contributed by atoms with Crippen molar-refractivity contribution < 1.29 is 14.3 Å². The molecule has 27 heavy (non-hydrogen) atoms. The van der Waals surface area contributed by atoms with Crippen LogP contribution >= 0.6 is 0 Å². The fraction of sp³-hybridized carbons (Fsp3) is 0.545. The second-order valence-electron chi connectivity index (χ2n) is 7.47. The number of hydrogen-bond acceptors (Lipinski definition) is 4. The van der Waals surface area contributed by atoms with Crippen molar-refractivity contribution in [3.8, 4) is 5.75 Å². The molecule has 1 aromatic rings. The van der Waals surface area contributed by atoms with Crippen molar-refractivity contribution in [2.45, 2.75) is 46.5 Å². The van der Waals surface area contributed by atoms with Crippen LogP contribution in [0.2, 0.25) is 0 Å². The molecule has 0 radical (unpaired) electrons. The van der Waals surface area contributed by atoms with Crippen molar-refractivity contribution in [2.75, 3.05) is 26.2 Å². The number of rotatable bonds is 7. The van der Waals surface area contributed by atoms with Gasteiger partial charge in [-0.15, -0.1) is 0 Å². The molecule has 2 aliphatic rings. The normalized spacial score (nSPS) is 18.6. The summed E-state index contributed by atoms with van der Waals surface area (Å²) in [6, 6.07) is 7.52. The van der Waals surface area contributed by atoms with Crippen LogP contribution in [0, 0.1) is 5.92 Å². The van der Waals surface area contributed by atoms with Gasteiger partial charge in [-0.05, 0) is 49.8 Å². The topological polar surface area (TPSA) is 49.9 Å². The van der Waals surface area contributed by atoms with Crippen LogP contribution < -0.4 is 4.74 Å². The Kier molecular flexibility index (Phi) is 6.19. The van der Waals surface area contributed by atoms with Crippen LogP contribution in [0.4, 0.5) is 0 Å². The summed E-state index contributed by atoms with van der Waals surface area (Å²) in [7, 11) is 0. The van der Waals surface area contributed by atoms with Crippen LogP contribution in [0.5, 0.6) is 5.75 Å². The zero-order valence-electron chi connectivity index (χ0n) is 16.7. The van der Waals surface area contributed by atoms with E-state index in [0.29, 0.717) is 30.3 Å². The number of carbonyl (C=O) groups is 2. The molecule has 5 heteroatoms. The Morgan fingerprint density at radius 3 is 2.30 bits per heavy atom. The SMILES string of the molecule is CCCCN1C(=O)C(c2ccc(OCC)cc2)=C(N2CCC(C)CC2)C1=O. The van der Waals surface area contributed by atoms with Crippen molar-refractivity contribution in [1.29, 1.82) is 0 Å². The van der Waals surface area contributed by atoms with Crippen molar-refractivity contribution in [3.05, 3.63) is 35.5 Å². The molecule has 0 atom stereocenters. The van der Waals surface area contributed by atoms with E-state index in [1.807, 2.05) is 31.2 Å². The quantitative estimate of drug-likeness (QED) is 0.687. The van der Waals surface area contributed by atoms with Gasteiger partial charge in [-0.2, -0.15) is 0 Å². The number of likely N-dealkylation sites (tertiary alicyclic amines) is 1. The Morgan fingerprint density at radius 2 is 1.70 bits per heavy atom. The fourth-order valence-corrected chi connectivity index (χ4v) is 3.75. The molecular weight excluding hydrogens is 340 g/mol. The van der Waals surface area contributed by atoms with E-state index in [4.69, 9.17) is 4.74 Å². The molecule has 0 bridgehead atoms. The number of unbranched alkanes of at least 4 members (excludes halogenated alkanes) is 1. The Morgan fingerprint density at radius 1 is 1.04 bits per heavy atom. The van der Waals surface area contributed by atoms with Gasteiger partial charge < -0.3 is 9.64 Å². The largest absolute Gasteiger partial charge is 0.494 e. The highest BCUT2D eigenvalue weighted by Crippen LogP contribution is 2.34. The maximum Gasteiger partial charge on any atom is 0.277 e. The number of benzene rings is 1. The predicted molar refractivity (Wildman–Crippen MR) is 106 cm³/mol. The van der Waals surface area contributed by atoms with Gasteiger partial charge in [0.25, 0.3) is 11.8 Å². The molecule has 0 aliphatic carbocycles. The average Bonchev–Trinajstić information content (AvgIpc) is 2.92. The monoisotopic (exact) mass is 370 g/mol. The van der Waals surface area contributed by atoms with E-state index in [9.17, 15) is 9.59 Å². The van der Waals surface area contributed by atoms with Gasteiger partial charge in [0.15, 0.2) is 0 Å². The summed E-state index contributed by atoms with van der Waals surface area (Å²) in [5.74, 6) is 1.15. The van der Waals surface area contributed by atoms with Gasteiger partial charge in [0.05, 0.1) is 12.2 Å². The average molecular weight is 370 g/mol. The van der Waals surface area contributed by atoms with Gasteiger partial charge >= 0.3 is 0 Å². The highest BCUT2D eigenvalue weighted by atomic mass is 16.5. The minimum atomic E-state index is -0.161. The molecule has 2 amide bonds. The fourth-order valence-electron chi connectivity index (χ4n) is 3.75. The lowest BCUT2D eigenvalue weighted by molar-refractivity contribution is -0.137. The van der Waals surface area contributed by atoms with E-state index in [0.717, 1.165) is 50.1 Å². The van der Waals surface area contributed by atoms with Crippen LogP contribution in [0.25, 0.3) is 5.57 Å². The first kappa shape index (κ1) is 19.5. The number of ether oxygens (including phenoxy) is 1. The van der Waals surface area contributed by atoms with Gasteiger partial charge in [-0.1, -0.05) is 32.4 Å². The number of hydrogen-bond donors (Lipinski definition) is 0. The van der Waals surface area contributed by atoms with Gasteiger partial charge in [-0.3, -0.25) is 14.5 Å². The number of imide groups is 1. The lowest BCUT2D eigenvalue weighted by Gasteiger charge is -2.32. The molecule has 0 N–H and O–H groups in total. The highest BCUT2D eigenvalue weighted by molar-refractivity contribution is 6.35. The molecular formula is C22H30N2O3. The number of piperidine rings is 1. The Bertz CT molecular complexity index is 716. The smallest absolute Gasteiger partial charge is 0.277 e. The third kappa shape index (κ3) is 4.02. The van der Waals surface area contributed by atoms with Gasteiger partial charge in [-0.25, -0.2) is 0 Å². The molecule has 1 saturated heterocycles. The van der Waals surface area contributed by atoms with Crippen molar-refractivity contribution in [2.24, 2.45) is 5.92 Å². The molecule has 0 unspecified atom stereocenters. The molecule has 0 saturated carbocycles. The summed E-state index contributed by atoms with van der Waals surface area (Å²) in [4.78, 5) is 29.8. The van der Waals surface area contributed by atoms with Crippen LogP contribution in [0.3, 0.4) is 0 Å². The summed E-state index contributed by atoms with van der Waals surface area (Å²) < 4.78 is 5.51. The zero-order valence-corrected chi connectivity index (χ0v) is 16.7. The van der Waals surface area contributed by atoms with Crippen LogP contribution in [-0.2, 0) is 9.59 Å². The van der Waals surface area contributed by atoms with Gasteiger partial charge in [0, 0.05) is 19.6 Å². The van der Waals surface area contributed by atoms with E-state index >= 15 is 0 Å². The summed E-state index contributed by atoms with van der Waals surface area (Å²) in [5, 5.41) is 0. The summed E-state index contributed by atoms with van der Waals surface area (Å²) in [6.07, 6.45) is 3.89. The van der Waals surface area contributed by atoms with Crippen LogP contribution in [0.1, 0.15) is 52.0 Å². The first-order valence-corrected chi connectivity index (χ1v) is 10.1. The maximum absolute atomic E-state index is 13.1. The predicted octanol–water partition coefficient (Wildman–Crippen LogP) is 3.70.